The fourth-order valence-corrected chi connectivity index (χ4v) is 3.21. The predicted octanol–water partition coefficient (Wildman–Crippen LogP) is 2.92. The third kappa shape index (κ3) is 2.27. The molecule has 1 saturated carbocycles. The van der Waals surface area contributed by atoms with Crippen molar-refractivity contribution in [2.45, 2.75) is 32.2 Å². The maximum Gasteiger partial charge on any atom is 0.245 e. The zero-order valence-corrected chi connectivity index (χ0v) is 12.4. The Kier molecular flexibility index (Phi) is 3.61. The Labute approximate surface area is 124 Å². The fourth-order valence-electron chi connectivity index (χ4n) is 2.92. The van der Waals surface area contributed by atoms with Gasteiger partial charge in [0.15, 0.2) is 0 Å². The minimum absolute atomic E-state index is 0.157. The molecule has 0 spiro atoms. The zero-order chi connectivity index (χ0) is 14.3. The lowest BCUT2D eigenvalue weighted by Crippen LogP contribution is -2.32. The molecule has 1 aromatic carbocycles. The van der Waals surface area contributed by atoms with Gasteiger partial charge in [0.2, 0.25) is 5.91 Å². The molecule has 0 radical (unpaired) electrons. The predicted molar refractivity (Wildman–Crippen MR) is 82.2 cm³/mol. The van der Waals surface area contributed by atoms with Crippen LogP contribution in [0.4, 0.5) is 11.4 Å². The van der Waals surface area contributed by atoms with Crippen molar-refractivity contribution in [1.29, 1.82) is 0 Å². The zero-order valence-electron chi connectivity index (χ0n) is 11.7. The van der Waals surface area contributed by atoms with Crippen LogP contribution in [0, 0.1) is 5.92 Å². The number of fused-ring (bicyclic) bond motifs is 1. The maximum atomic E-state index is 11.6. The van der Waals surface area contributed by atoms with Crippen LogP contribution in [-0.4, -0.2) is 19.0 Å². The van der Waals surface area contributed by atoms with Crippen LogP contribution >= 0.6 is 11.6 Å². The second kappa shape index (κ2) is 5.26. The first-order valence-electron chi connectivity index (χ1n) is 7.25. The number of nitrogens with one attached hydrogen (secondary N) is 1. The number of hydrogen-bond acceptors (Lipinski definition) is 3. The van der Waals surface area contributed by atoms with Crippen LogP contribution in [0.25, 0.3) is 0 Å². The van der Waals surface area contributed by atoms with Crippen molar-refractivity contribution in [3.8, 4) is 0 Å². The van der Waals surface area contributed by atoms with Gasteiger partial charge in [-0.15, -0.1) is 0 Å². The van der Waals surface area contributed by atoms with Gasteiger partial charge in [-0.05, 0) is 37.8 Å². The quantitative estimate of drug-likeness (QED) is 0.897. The lowest BCUT2D eigenvalue weighted by Gasteiger charge is -2.33. The van der Waals surface area contributed by atoms with Gasteiger partial charge >= 0.3 is 0 Å². The normalized spacial score (nSPS) is 21.4. The number of nitrogens with two attached hydrogens (primary N) is 1. The summed E-state index contributed by atoms with van der Waals surface area (Å²) in [5.41, 5.74) is 8.43. The Balaban J connectivity index is 1.89. The van der Waals surface area contributed by atoms with Gasteiger partial charge in [-0.3, -0.25) is 4.79 Å². The maximum absolute atomic E-state index is 11.6. The van der Waals surface area contributed by atoms with Crippen molar-refractivity contribution in [1.82, 2.24) is 0 Å². The first-order chi connectivity index (χ1) is 9.60. The molecule has 1 amide bonds. The van der Waals surface area contributed by atoms with Crippen molar-refractivity contribution in [2.75, 3.05) is 23.3 Å². The standard InChI is InChI=1S/C15H20ClN3O/c1-2-19(8-9-4-3-5-9)13-7-12-10(6-11(13)16)14(17)15(20)18-12/h6-7,9,14H,2-5,8,17H2,1H3,(H,18,20). The lowest BCUT2D eigenvalue weighted by atomic mass is 9.85. The summed E-state index contributed by atoms with van der Waals surface area (Å²) in [5, 5.41) is 3.50. The third-order valence-corrected chi connectivity index (χ3v) is 4.72. The van der Waals surface area contributed by atoms with E-state index in [0.717, 1.165) is 35.9 Å². The number of nitrogens with zero attached hydrogens (tertiary/aromatic N) is 1. The summed E-state index contributed by atoms with van der Waals surface area (Å²) in [6, 6.07) is 3.20. The van der Waals surface area contributed by atoms with Gasteiger partial charge in [0.05, 0.1) is 10.7 Å². The van der Waals surface area contributed by atoms with E-state index >= 15 is 0 Å². The highest BCUT2D eigenvalue weighted by molar-refractivity contribution is 6.33. The van der Waals surface area contributed by atoms with E-state index in [1.54, 1.807) is 0 Å². The van der Waals surface area contributed by atoms with Gasteiger partial charge in [-0.25, -0.2) is 0 Å². The van der Waals surface area contributed by atoms with Gasteiger partial charge in [-0.2, -0.15) is 0 Å². The molecule has 1 heterocycles. The highest BCUT2D eigenvalue weighted by Gasteiger charge is 2.29. The number of amides is 1. The number of carbonyl (C=O) groups is 1. The Hall–Kier alpha value is -1.26. The van der Waals surface area contributed by atoms with Crippen molar-refractivity contribution < 1.29 is 4.79 Å². The average molecular weight is 294 g/mol. The largest absolute Gasteiger partial charge is 0.370 e. The monoisotopic (exact) mass is 293 g/mol. The lowest BCUT2D eigenvalue weighted by molar-refractivity contribution is -0.116. The molecule has 0 aromatic heterocycles. The molecule has 0 saturated heterocycles. The van der Waals surface area contributed by atoms with Crippen LogP contribution < -0.4 is 16.0 Å². The number of halogens is 1. The molecule has 1 atom stereocenters. The van der Waals surface area contributed by atoms with Crippen molar-refractivity contribution in [2.24, 2.45) is 11.7 Å². The molecule has 20 heavy (non-hydrogen) atoms. The summed E-state index contributed by atoms with van der Waals surface area (Å²) in [5.74, 6) is 0.617. The number of carbonyl (C=O) groups excluding carboxylic acids is 1. The van der Waals surface area contributed by atoms with Crippen molar-refractivity contribution >= 4 is 28.9 Å². The first-order valence-corrected chi connectivity index (χ1v) is 7.62. The number of anilines is 2. The molecule has 4 nitrogen and oxygen atoms in total. The molecule has 2 aliphatic rings. The smallest absolute Gasteiger partial charge is 0.245 e. The summed E-state index contributed by atoms with van der Waals surface area (Å²) in [6.07, 6.45) is 3.95. The third-order valence-electron chi connectivity index (χ3n) is 4.42. The van der Waals surface area contributed by atoms with Crippen LogP contribution in [0.15, 0.2) is 12.1 Å². The van der Waals surface area contributed by atoms with Crippen LogP contribution in [0.5, 0.6) is 0 Å². The Morgan fingerprint density at radius 1 is 1.45 bits per heavy atom. The minimum Gasteiger partial charge on any atom is -0.370 e. The second-order valence-electron chi connectivity index (χ2n) is 5.69. The Bertz CT molecular complexity index is 542. The molecule has 1 unspecified atom stereocenters. The van der Waals surface area contributed by atoms with Gasteiger partial charge in [0.25, 0.3) is 0 Å². The molecular formula is C15H20ClN3O. The minimum atomic E-state index is -0.599. The van der Waals surface area contributed by atoms with Crippen molar-refractivity contribution in [3.05, 3.63) is 22.7 Å². The van der Waals surface area contributed by atoms with Gasteiger partial charge in [0, 0.05) is 24.3 Å². The van der Waals surface area contributed by atoms with Gasteiger partial charge in [-0.1, -0.05) is 18.0 Å². The molecular weight excluding hydrogens is 274 g/mol. The van der Waals surface area contributed by atoms with E-state index in [1.165, 1.54) is 19.3 Å². The first kappa shape index (κ1) is 13.7. The molecule has 1 aromatic rings. The Morgan fingerprint density at radius 2 is 2.20 bits per heavy atom. The van der Waals surface area contributed by atoms with E-state index in [4.69, 9.17) is 17.3 Å². The van der Waals surface area contributed by atoms with E-state index < -0.39 is 6.04 Å². The van der Waals surface area contributed by atoms with E-state index in [0.29, 0.717) is 5.02 Å². The van der Waals surface area contributed by atoms with E-state index in [-0.39, 0.29) is 5.91 Å². The van der Waals surface area contributed by atoms with Crippen LogP contribution in [0.3, 0.4) is 0 Å². The summed E-state index contributed by atoms with van der Waals surface area (Å²) in [7, 11) is 0. The van der Waals surface area contributed by atoms with Crippen LogP contribution in [0.2, 0.25) is 5.02 Å². The molecule has 3 rings (SSSR count). The molecule has 5 heteroatoms. The molecule has 1 aliphatic heterocycles. The summed E-state index contributed by atoms with van der Waals surface area (Å²) in [4.78, 5) is 13.9. The van der Waals surface area contributed by atoms with Crippen LogP contribution in [0.1, 0.15) is 37.8 Å². The fraction of sp³-hybridized carbons (Fsp3) is 0.533. The SMILES string of the molecule is CCN(CC1CCC1)c1cc2c(cc1Cl)C(N)C(=O)N2. The molecule has 108 valence electrons. The molecule has 3 N–H and O–H groups in total. The van der Waals surface area contributed by atoms with E-state index in [1.807, 2.05) is 12.1 Å². The Morgan fingerprint density at radius 3 is 2.80 bits per heavy atom. The van der Waals surface area contributed by atoms with Crippen molar-refractivity contribution in [3.63, 3.8) is 0 Å². The molecule has 1 aliphatic carbocycles. The summed E-state index contributed by atoms with van der Waals surface area (Å²) >= 11 is 6.40. The van der Waals surface area contributed by atoms with E-state index in [9.17, 15) is 4.79 Å². The number of hydrogen-bond donors (Lipinski definition) is 2. The second-order valence-corrected chi connectivity index (χ2v) is 6.10. The highest BCUT2D eigenvalue weighted by Crippen LogP contribution is 2.39. The van der Waals surface area contributed by atoms with Crippen LogP contribution in [-0.2, 0) is 4.79 Å². The molecule has 0 bridgehead atoms. The average Bonchev–Trinajstić information content (AvgIpc) is 2.64. The number of benzene rings is 1. The topological polar surface area (TPSA) is 58.4 Å². The summed E-state index contributed by atoms with van der Waals surface area (Å²) < 4.78 is 0. The van der Waals surface area contributed by atoms with Gasteiger partial charge in [0.1, 0.15) is 6.04 Å². The number of rotatable bonds is 4. The van der Waals surface area contributed by atoms with Gasteiger partial charge < -0.3 is 16.0 Å². The molecule has 1 fully saturated rings. The van der Waals surface area contributed by atoms with E-state index in [2.05, 4.69) is 17.1 Å². The highest BCUT2D eigenvalue weighted by atomic mass is 35.5. The summed E-state index contributed by atoms with van der Waals surface area (Å²) in [6.45, 7) is 4.08.